The number of aliphatic hydroxyl groups excluding tert-OH is 1. The van der Waals surface area contributed by atoms with Gasteiger partial charge in [-0.1, -0.05) is 70.2 Å². The highest BCUT2D eigenvalue weighted by Gasteiger charge is 2.61. The lowest BCUT2D eigenvalue weighted by Crippen LogP contribution is -2.52. The van der Waals surface area contributed by atoms with Crippen LogP contribution >= 0.6 is 7.75 Å². The van der Waals surface area contributed by atoms with Gasteiger partial charge in [-0.05, 0) is 35.1 Å². The van der Waals surface area contributed by atoms with Crippen molar-refractivity contribution in [3.63, 3.8) is 0 Å². The van der Waals surface area contributed by atoms with Crippen molar-refractivity contribution in [2.75, 3.05) is 5.32 Å². The lowest BCUT2D eigenvalue weighted by atomic mass is 9.72. The van der Waals surface area contributed by atoms with Gasteiger partial charge in [0.05, 0.1) is 11.7 Å². The van der Waals surface area contributed by atoms with Gasteiger partial charge in [-0.2, -0.15) is 0 Å². The summed E-state index contributed by atoms with van der Waals surface area (Å²) in [6.45, 7) is 7.27. The normalized spacial score (nSPS) is 22.2. The number of aromatic nitrogens is 3. The van der Waals surface area contributed by atoms with E-state index in [-0.39, 0.29) is 41.5 Å². The third kappa shape index (κ3) is 4.78. The molecule has 10 bridgehead atoms. The highest BCUT2D eigenvalue weighted by Crippen LogP contribution is 2.61. The van der Waals surface area contributed by atoms with E-state index < -0.39 is 49.4 Å². The van der Waals surface area contributed by atoms with E-state index in [4.69, 9.17) is 23.5 Å². The van der Waals surface area contributed by atoms with Crippen LogP contribution in [-0.2, 0) is 26.0 Å². The van der Waals surface area contributed by atoms with Gasteiger partial charge in [0.15, 0.2) is 23.4 Å². The van der Waals surface area contributed by atoms with Gasteiger partial charge in [-0.15, -0.1) is 0 Å². The zero-order valence-electron chi connectivity index (χ0n) is 30.6. The van der Waals surface area contributed by atoms with Gasteiger partial charge in [-0.25, -0.2) is 14.5 Å². The molecule has 0 saturated heterocycles. The van der Waals surface area contributed by atoms with Gasteiger partial charge in [0.2, 0.25) is 23.6 Å². The summed E-state index contributed by atoms with van der Waals surface area (Å²) in [5.41, 5.74) is 4.14. The number of nitrogens with zero attached hydrogens (tertiary/aromatic N) is 3. The van der Waals surface area contributed by atoms with Crippen LogP contribution in [0.2, 0.25) is 0 Å². The van der Waals surface area contributed by atoms with Crippen LogP contribution in [0.15, 0.2) is 75.8 Å². The van der Waals surface area contributed by atoms with E-state index in [2.05, 4.69) is 16.0 Å². The Labute approximate surface area is 319 Å². The van der Waals surface area contributed by atoms with Crippen molar-refractivity contribution in [3.05, 3.63) is 95.3 Å². The maximum Gasteiger partial charge on any atom is 0.434 e. The van der Waals surface area contributed by atoms with Crippen molar-refractivity contribution in [2.45, 2.75) is 63.9 Å². The standard InChI is InChI=1S/C40H37N6O9P/c1-17(2)30-38-44-32-34(55-38)40-23-9-5-8-21(20-7-6-10-26-29(20)22(16-46(26)56(50,51)52)28-15-41-37(32)53-28)31(23)45-39(40)54-27-12-11-19(13-24(27)40)14-25(35(48)43-30)42-36(49)33(47)18(3)4/h5-13,15-18,25,30,33,39,45,47H,14H2,1-4H3,(H,42,49)(H,43,48)(H2,50,51,52)/t25-,30?,33-,39-,40?/m0/s1. The van der Waals surface area contributed by atoms with Crippen LogP contribution in [0.25, 0.3) is 44.9 Å². The first-order valence-corrected chi connectivity index (χ1v) is 20.0. The van der Waals surface area contributed by atoms with Gasteiger partial charge < -0.3 is 44.4 Å². The van der Waals surface area contributed by atoms with E-state index in [1.54, 1.807) is 26.0 Å². The zero-order valence-corrected chi connectivity index (χ0v) is 31.5. The highest BCUT2D eigenvalue weighted by molar-refractivity contribution is 7.50. The van der Waals surface area contributed by atoms with Crippen LogP contribution in [0, 0.1) is 11.8 Å². The van der Waals surface area contributed by atoms with Gasteiger partial charge in [0, 0.05) is 45.9 Å². The molecule has 0 fully saturated rings. The molecule has 2 unspecified atom stereocenters. The Kier molecular flexibility index (Phi) is 7.37. The molecule has 286 valence electrons. The minimum absolute atomic E-state index is 0.0824. The Hall–Kier alpha value is -5.73. The molecule has 5 atom stereocenters. The Bertz CT molecular complexity index is 2710. The number of oxazole rings is 2. The molecule has 3 aromatic carbocycles. The van der Waals surface area contributed by atoms with Crippen molar-refractivity contribution in [3.8, 4) is 39.8 Å². The quantitative estimate of drug-likeness (QED) is 0.124. The third-order valence-electron chi connectivity index (χ3n) is 11.4. The first-order valence-electron chi connectivity index (χ1n) is 18.4. The lowest BCUT2D eigenvalue weighted by molar-refractivity contribution is -0.135. The first-order chi connectivity index (χ1) is 26.7. The number of ether oxygens (including phenoxy) is 1. The molecule has 2 amide bonds. The number of nitrogens with one attached hydrogen (secondary N) is 3. The van der Waals surface area contributed by atoms with Gasteiger partial charge in [-0.3, -0.25) is 13.9 Å². The largest absolute Gasteiger partial charge is 0.469 e. The lowest BCUT2D eigenvalue weighted by Gasteiger charge is -2.29. The fraction of sp³-hybridized carbons (Fsp3) is 0.300. The molecule has 16 heteroatoms. The predicted molar refractivity (Wildman–Crippen MR) is 202 cm³/mol. The Morgan fingerprint density at radius 3 is 2.57 bits per heavy atom. The number of aliphatic hydroxyl groups is 1. The fourth-order valence-corrected chi connectivity index (χ4v) is 9.42. The Morgan fingerprint density at radius 1 is 1.02 bits per heavy atom. The molecule has 4 aliphatic heterocycles. The number of carbonyl (C=O) groups is 2. The molecule has 0 saturated carbocycles. The monoisotopic (exact) mass is 776 g/mol. The summed E-state index contributed by atoms with van der Waals surface area (Å²) in [6, 6.07) is 14.9. The summed E-state index contributed by atoms with van der Waals surface area (Å²) < 4.78 is 34.0. The zero-order chi connectivity index (χ0) is 39.0. The number of amides is 2. The number of para-hydroxylation sites is 1. The molecule has 6 N–H and O–H groups in total. The van der Waals surface area contributed by atoms with E-state index in [0.717, 1.165) is 26.7 Å². The predicted octanol–water partition coefficient (Wildman–Crippen LogP) is 5.22. The molecule has 15 nitrogen and oxygen atoms in total. The average Bonchev–Trinajstić information content (AvgIpc) is 3.98. The van der Waals surface area contributed by atoms with E-state index >= 15 is 0 Å². The summed E-state index contributed by atoms with van der Waals surface area (Å²) in [4.78, 5) is 58.1. The molecule has 7 heterocycles. The topological polar surface area (TPSA) is 214 Å². The number of hydrogen-bond donors (Lipinski definition) is 6. The summed E-state index contributed by atoms with van der Waals surface area (Å²) in [5, 5.41) is 20.7. The molecule has 0 radical (unpaired) electrons. The second-order valence-electron chi connectivity index (χ2n) is 15.6. The summed E-state index contributed by atoms with van der Waals surface area (Å²) in [6.07, 6.45) is 0.884. The maximum atomic E-state index is 14.2. The van der Waals surface area contributed by atoms with Crippen LogP contribution in [0.4, 0.5) is 5.69 Å². The number of hydrogen-bond acceptors (Lipinski definition) is 10. The summed E-state index contributed by atoms with van der Waals surface area (Å²) in [5.74, 6) is -0.349. The number of rotatable bonds is 5. The van der Waals surface area contributed by atoms with Crippen molar-refractivity contribution in [2.24, 2.45) is 11.8 Å². The van der Waals surface area contributed by atoms with Gasteiger partial charge in [0.1, 0.15) is 29.4 Å². The third-order valence-corrected chi connectivity index (χ3v) is 12.3. The molecule has 0 aliphatic carbocycles. The van der Waals surface area contributed by atoms with E-state index in [9.17, 15) is 29.0 Å². The number of fused-ring (bicyclic) bond motifs is 7. The smallest absolute Gasteiger partial charge is 0.434 e. The fourth-order valence-electron chi connectivity index (χ4n) is 8.71. The van der Waals surface area contributed by atoms with Crippen LogP contribution in [-0.4, -0.2) is 59.4 Å². The molecule has 3 aromatic heterocycles. The summed E-state index contributed by atoms with van der Waals surface area (Å²) in [7, 11) is -4.82. The van der Waals surface area contributed by atoms with Crippen molar-refractivity contribution in [1.29, 1.82) is 0 Å². The second kappa shape index (κ2) is 11.9. The second-order valence-corrected chi connectivity index (χ2v) is 17.0. The number of benzene rings is 3. The van der Waals surface area contributed by atoms with Crippen molar-refractivity contribution in [1.82, 2.24) is 24.9 Å². The number of carbonyl (C=O) groups excluding carboxylic acids is 2. The minimum atomic E-state index is -4.82. The van der Waals surface area contributed by atoms with E-state index in [1.807, 2.05) is 56.3 Å². The van der Waals surface area contributed by atoms with Gasteiger partial charge >= 0.3 is 7.75 Å². The molecular formula is C40H37N6O9P. The molecule has 10 rings (SSSR count). The highest BCUT2D eigenvalue weighted by atomic mass is 31.2. The van der Waals surface area contributed by atoms with Crippen LogP contribution < -0.4 is 20.7 Å². The van der Waals surface area contributed by atoms with E-state index in [0.29, 0.717) is 39.1 Å². The van der Waals surface area contributed by atoms with Crippen LogP contribution in [0.5, 0.6) is 5.75 Å². The molecule has 1 spiro atoms. The van der Waals surface area contributed by atoms with Crippen LogP contribution in [0.3, 0.4) is 0 Å². The van der Waals surface area contributed by atoms with Gasteiger partial charge in [0.25, 0.3) is 0 Å². The Morgan fingerprint density at radius 2 is 1.80 bits per heavy atom. The Balaban J connectivity index is 1.29. The van der Waals surface area contributed by atoms with Crippen molar-refractivity contribution >= 4 is 36.2 Å². The summed E-state index contributed by atoms with van der Waals surface area (Å²) >= 11 is 0. The molecule has 4 aliphatic rings. The average molecular weight is 777 g/mol. The molecular weight excluding hydrogens is 739 g/mol. The van der Waals surface area contributed by atoms with Crippen molar-refractivity contribution < 1.29 is 42.6 Å². The first kappa shape index (κ1) is 34.7. The molecule has 6 aromatic rings. The maximum absolute atomic E-state index is 14.2. The van der Waals surface area contributed by atoms with Crippen LogP contribution in [0.1, 0.15) is 62.1 Å². The minimum Gasteiger partial charge on any atom is -0.469 e. The van der Waals surface area contributed by atoms with E-state index in [1.165, 1.54) is 12.4 Å². The number of anilines is 1. The molecule has 56 heavy (non-hydrogen) atoms. The SMILES string of the molecule is CC(C)C1NC(=O)[C@@H](NC(=O)[C@@H](O)C(C)C)Cc2ccc3c(c2)C24c5cccc(c5N[C@H]2O3)-c2cccc3c2c(cn3P(=O)(O)O)-c2cnc(o2)-c2nc1oc24.